The summed E-state index contributed by atoms with van der Waals surface area (Å²) in [5.41, 5.74) is 0.730. The number of amides is 1. The van der Waals surface area contributed by atoms with Crippen LogP contribution in [0.25, 0.3) is 0 Å². The lowest BCUT2D eigenvalue weighted by molar-refractivity contribution is 0.0927. The predicted octanol–water partition coefficient (Wildman–Crippen LogP) is 4.44. The zero-order chi connectivity index (χ0) is 12.6. The van der Waals surface area contributed by atoms with Gasteiger partial charge in [-0.2, -0.15) is 0 Å². The van der Waals surface area contributed by atoms with Crippen LogP contribution in [0.3, 0.4) is 0 Å². The summed E-state index contributed by atoms with van der Waals surface area (Å²) in [6, 6.07) is 2.19. The summed E-state index contributed by atoms with van der Waals surface area (Å²) in [6.07, 6.45) is 2.30. The summed E-state index contributed by atoms with van der Waals surface area (Å²) < 4.78 is 1.86. The van der Waals surface area contributed by atoms with Gasteiger partial charge in [-0.1, -0.05) is 13.8 Å². The van der Waals surface area contributed by atoms with Crippen LogP contribution in [0.2, 0.25) is 0 Å². The van der Waals surface area contributed by atoms with Crippen molar-refractivity contribution < 1.29 is 4.79 Å². The van der Waals surface area contributed by atoms with E-state index in [9.17, 15) is 4.79 Å². The third-order valence-corrected chi connectivity index (χ3v) is 6.02. The molecule has 2 nitrogen and oxygen atoms in total. The van der Waals surface area contributed by atoms with Crippen molar-refractivity contribution in [1.29, 1.82) is 0 Å². The van der Waals surface area contributed by atoms with Gasteiger partial charge in [-0.3, -0.25) is 4.79 Å². The minimum Gasteiger partial charge on any atom is -0.349 e. The van der Waals surface area contributed by atoms with Gasteiger partial charge in [-0.15, -0.1) is 11.3 Å². The van der Waals surface area contributed by atoms with Crippen molar-refractivity contribution >= 4 is 49.1 Å². The largest absolute Gasteiger partial charge is 0.349 e. The Morgan fingerprint density at radius 1 is 1.41 bits per heavy atom. The lowest BCUT2D eigenvalue weighted by Crippen LogP contribution is -2.37. The minimum absolute atomic E-state index is 0.0322. The molecule has 1 N–H and O–H groups in total. The van der Waals surface area contributed by atoms with Gasteiger partial charge in [0.2, 0.25) is 0 Å². The van der Waals surface area contributed by atoms with E-state index in [1.807, 2.05) is 6.07 Å². The Kier molecular flexibility index (Phi) is 4.31. The maximum atomic E-state index is 12.1. The van der Waals surface area contributed by atoms with Crippen molar-refractivity contribution in [3.05, 3.63) is 19.2 Å². The lowest BCUT2D eigenvalue weighted by Gasteiger charge is -2.19. The summed E-state index contributed by atoms with van der Waals surface area (Å²) in [6.45, 7) is 4.48. The van der Waals surface area contributed by atoms with E-state index < -0.39 is 0 Å². The number of hydrogen-bond donors (Lipinski definition) is 1. The molecular weight excluding hydrogens is 366 g/mol. The van der Waals surface area contributed by atoms with Crippen LogP contribution in [0.5, 0.6) is 0 Å². The average molecular weight is 381 g/mol. The molecule has 1 aliphatic carbocycles. The summed E-state index contributed by atoms with van der Waals surface area (Å²) in [5.74, 6) is 1.31. The third-order valence-electron chi connectivity index (χ3n) is 3.68. The topological polar surface area (TPSA) is 29.1 Å². The molecule has 1 aromatic rings. The number of carbonyl (C=O) groups is 1. The molecule has 0 spiro atoms. The number of hydrogen-bond acceptors (Lipinski definition) is 2. The van der Waals surface area contributed by atoms with Crippen LogP contribution in [0, 0.1) is 11.8 Å². The molecule has 94 valence electrons. The van der Waals surface area contributed by atoms with Crippen LogP contribution in [-0.2, 0) is 0 Å². The second kappa shape index (κ2) is 5.41. The highest BCUT2D eigenvalue weighted by Crippen LogP contribution is 2.34. The smallest absolute Gasteiger partial charge is 0.253 e. The van der Waals surface area contributed by atoms with E-state index >= 15 is 0 Å². The molecule has 3 atom stereocenters. The van der Waals surface area contributed by atoms with Gasteiger partial charge in [0, 0.05) is 6.04 Å². The van der Waals surface area contributed by atoms with Crippen molar-refractivity contribution in [1.82, 2.24) is 5.32 Å². The fourth-order valence-corrected chi connectivity index (χ4v) is 5.10. The molecule has 1 fully saturated rings. The van der Waals surface area contributed by atoms with Crippen LogP contribution in [0.4, 0.5) is 0 Å². The number of thiophene rings is 1. The molecule has 0 aromatic carbocycles. The monoisotopic (exact) mass is 379 g/mol. The van der Waals surface area contributed by atoms with E-state index in [1.54, 1.807) is 0 Å². The molecule has 0 aliphatic heterocycles. The van der Waals surface area contributed by atoms with Crippen molar-refractivity contribution in [2.75, 3.05) is 0 Å². The Morgan fingerprint density at radius 2 is 2.12 bits per heavy atom. The molecule has 1 heterocycles. The summed E-state index contributed by atoms with van der Waals surface area (Å²) in [7, 11) is 0. The van der Waals surface area contributed by atoms with Crippen LogP contribution < -0.4 is 5.32 Å². The molecule has 1 aliphatic rings. The van der Waals surface area contributed by atoms with Gasteiger partial charge >= 0.3 is 0 Å². The molecule has 1 aromatic heterocycles. The SMILES string of the molecule is CC1CCC(NC(=O)c2cc(Br)sc2Br)C1C. The Labute approximate surface area is 122 Å². The molecule has 1 saturated carbocycles. The molecule has 1 amide bonds. The third kappa shape index (κ3) is 2.93. The molecule has 0 bridgehead atoms. The van der Waals surface area contributed by atoms with Gasteiger partial charge < -0.3 is 5.32 Å². The molecule has 0 saturated heterocycles. The number of nitrogens with one attached hydrogen (secondary N) is 1. The summed E-state index contributed by atoms with van der Waals surface area (Å²) >= 11 is 8.34. The maximum absolute atomic E-state index is 12.1. The summed E-state index contributed by atoms with van der Waals surface area (Å²) in [4.78, 5) is 12.1. The Morgan fingerprint density at radius 3 is 2.59 bits per heavy atom. The van der Waals surface area contributed by atoms with Crippen LogP contribution in [0.15, 0.2) is 13.6 Å². The molecule has 0 radical (unpaired) electrons. The predicted molar refractivity (Wildman–Crippen MR) is 78.5 cm³/mol. The van der Waals surface area contributed by atoms with Crippen LogP contribution in [0.1, 0.15) is 37.0 Å². The molecule has 17 heavy (non-hydrogen) atoms. The summed E-state index contributed by atoms with van der Waals surface area (Å²) in [5, 5.41) is 3.15. The van der Waals surface area contributed by atoms with Crippen molar-refractivity contribution in [2.45, 2.75) is 32.7 Å². The fourth-order valence-electron chi connectivity index (χ4n) is 2.31. The number of carbonyl (C=O) groups excluding carboxylic acids is 1. The van der Waals surface area contributed by atoms with Gasteiger partial charge in [-0.05, 0) is 62.6 Å². The van der Waals surface area contributed by atoms with E-state index in [-0.39, 0.29) is 5.91 Å². The molecule has 2 rings (SSSR count). The van der Waals surface area contributed by atoms with Gasteiger partial charge in [0.25, 0.3) is 5.91 Å². The van der Waals surface area contributed by atoms with Crippen molar-refractivity contribution in [3.8, 4) is 0 Å². The fraction of sp³-hybridized carbons (Fsp3) is 0.583. The molecule has 3 unspecified atom stereocenters. The molecular formula is C12H15Br2NOS. The van der Waals surface area contributed by atoms with Gasteiger partial charge in [0.1, 0.15) is 0 Å². The first-order valence-corrected chi connectivity index (χ1v) is 8.15. The van der Waals surface area contributed by atoms with E-state index in [0.717, 1.165) is 19.6 Å². The zero-order valence-electron chi connectivity index (χ0n) is 9.80. The number of rotatable bonds is 2. The van der Waals surface area contributed by atoms with E-state index in [1.165, 1.54) is 17.8 Å². The Bertz CT molecular complexity index is 432. The van der Waals surface area contributed by atoms with Crippen LogP contribution >= 0.6 is 43.2 Å². The van der Waals surface area contributed by atoms with Gasteiger partial charge in [0.15, 0.2) is 0 Å². The average Bonchev–Trinajstić information content (AvgIpc) is 2.75. The van der Waals surface area contributed by atoms with Gasteiger partial charge in [0.05, 0.1) is 13.1 Å². The van der Waals surface area contributed by atoms with Crippen LogP contribution in [-0.4, -0.2) is 11.9 Å². The highest BCUT2D eigenvalue weighted by atomic mass is 79.9. The first kappa shape index (κ1) is 13.6. The normalized spacial score (nSPS) is 28.4. The van der Waals surface area contributed by atoms with Crippen molar-refractivity contribution in [2.24, 2.45) is 11.8 Å². The van der Waals surface area contributed by atoms with E-state index in [0.29, 0.717) is 17.9 Å². The first-order valence-electron chi connectivity index (χ1n) is 5.74. The lowest BCUT2D eigenvalue weighted by atomic mass is 9.98. The number of halogens is 2. The highest BCUT2D eigenvalue weighted by Gasteiger charge is 2.31. The second-order valence-corrected chi connectivity index (χ2v) is 8.48. The minimum atomic E-state index is 0.0322. The quantitative estimate of drug-likeness (QED) is 0.807. The zero-order valence-corrected chi connectivity index (χ0v) is 13.8. The second-order valence-electron chi connectivity index (χ2n) is 4.73. The van der Waals surface area contributed by atoms with E-state index in [4.69, 9.17) is 0 Å². The molecule has 5 heteroatoms. The van der Waals surface area contributed by atoms with E-state index in [2.05, 4.69) is 51.0 Å². The van der Waals surface area contributed by atoms with Crippen molar-refractivity contribution in [3.63, 3.8) is 0 Å². The maximum Gasteiger partial charge on any atom is 0.253 e. The Hall–Kier alpha value is 0.130. The highest BCUT2D eigenvalue weighted by molar-refractivity contribution is 9.12. The standard InChI is InChI=1S/C12H15Br2NOS/c1-6-3-4-9(7(6)2)15-12(16)8-5-10(13)17-11(8)14/h5-7,9H,3-4H2,1-2H3,(H,15,16). The first-order chi connectivity index (χ1) is 7.99. The van der Waals surface area contributed by atoms with Gasteiger partial charge in [-0.25, -0.2) is 0 Å². The Balaban J connectivity index is 2.05.